The summed E-state index contributed by atoms with van der Waals surface area (Å²) in [7, 11) is 0. The molecule has 0 aliphatic carbocycles. The quantitative estimate of drug-likeness (QED) is 0.465. The number of ether oxygens (including phenoxy) is 3. The second-order valence-electron chi connectivity index (χ2n) is 9.16. The van der Waals surface area contributed by atoms with Crippen LogP contribution in [0.15, 0.2) is 66.2 Å². The molecule has 1 aromatic heterocycles. The molecule has 0 saturated carbocycles. The molecular formula is C26H24N4O4. The number of fused-ring (bicyclic) bond motifs is 4. The van der Waals surface area contributed by atoms with Crippen LogP contribution in [0.25, 0.3) is 17.2 Å². The number of nitrogens with two attached hydrogens (primary N) is 1. The lowest BCUT2D eigenvalue weighted by Gasteiger charge is -2.34. The summed E-state index contributed by atoms with van der Waals surface area (Å²) in [5.74, 6) is 0.912. The van der Waals surface area contributed by atoms with Gasteiger partial charge in [0.15, 0.2) is 5.54 Å². The van der Waals surface area contributed by atoms with Gasteiger partial charge in [-0.1, -0.05) is 12.1 Å². The Bertz CT molecular complexity index is 1330. The van der Waals surface area contributed by atoms with Crippen molar-refractivity contribution in [3.8, 4) is 22.6 Å². The Morgan fingerprint density at radius 1 is 1.06 bits per heavy atom. The highest BCUT2D eigenvalue weighted by molar-refractivity contribution is 5.87. The second-order valence-corrected chi connectivity index (χ2v) is 9.16. The van der Waals surface area contributed by atoms with Crippen molar-refractivity contribution >= 4 is 18.1 Å². The number of rotatable bonds is 3. The molecule has 1 atom stereocenters. The molecule has 0 amide bonds. The monoisotopic (exact) mass is 456 g/mol. The number of hydrogen-bond donors (Lipinski definition) is 1. The zero-order valence-corrected chi connectivity index (χ0v) is 19.1. The molecule has 0 unspecified atom stereocenters. The number of amidine groups is 1. The molecule has 8 heteroatoms. The molecule has 172 valence electrons. The zero-order chi connectivity index (χ0) is 23.9. The average molecular weight is 457 g/mol. The summed E-state index contributed by atoms with van der Waals surface area (Å²) in [5, 5.41) is 0. The Balaban J connectivity index is 1.57. The highest BCUT2D eigenvalue weighted by atomic mass is 16.6. The van der Waals surface area contributed by atoms with E-state index in [1.165, 1.54) is 12.4 Å². The van der Waals surface area contributed by atoms with Crippen LogP contribution in [0.4, 0.5) is 0 Å². The van der Waals surface area contributed by atoms with Crippen molar-refractivity contribution in [3.63, 3.8) is 0 Å². The molecule has 3 heterocycles. The second kappa shape index (κ2) is 7.98. The number of aliphatic imine (C=N–C) groups is 1. The number of aromatic nitrogens is 2. The highest BCUT2D eigenvalue weighted by Gasteiger charge is 2.47. The molecule has 2 aromatic carbocycles. The SMILES string of the molecule is CC(C)(C)OC(=O)/C=C/c1ccc2c(c1)[C@]1(COC(N)=N1)c1cc(-c3cncnc3)ccc1O2. The number of carbonyl (C=O) groups excluding carboxylic acids is 1. The fraction of sp³-hybridized carbons (Fsp3) is 0.231. The van der Waals surface area contributed by atoms with Crippen LogP contribution in [0, 0.1) is 0 Å². The van der Waals surface area contributed by atoms with Gasteiger partial charge in [0.05, 0.1) is 0 Å². The van der Waals surface area contributed by atoms with Crippen LogP contribution >= 0.6 is 0 Å². The lowest BCUT2D eigenvalue weighted by molar-refractivity contribution is -0.148. The third-order valence-electron chi connectivity index (χ3n) is 5.54. The maximum absolute atomic E-state index is 12.1. The van der Waals surface area contributed by atoms with Crippen molar-refractivity contribution in [2.45, 2.75) is 31.9 Å². The van der Waals surface area contributed by atoms with Gasteiger partial charge in [0.2, 0.25) is 0 Å². The van der Waals surface area contributed by atoms with Crippen LogP contribution < -0.4 is 10.5 Å². The summed E-state index contributed by atoms with van der Waals surface area (Å²) in [6, 6.07) is 11.6. The van der Waals surface area contributed by atoms with E-state index >= 15 is 0 Å². The van der Waals surface area contributed by atoms with Crippen LogP contribution in [0.3, 0.4) is 0 Å². The average Bonchev–Trinajstić information content (AvgIpc) is 3.19. The van der Waals surface area contributed by atoms with Crippen molar-refractivity contribution in [1.82, 2.24) is 9.97 Å². The van der Waals surface area contributed by atoms with Gasteiger partial charge in [0, 0.05) is 35.2 Å². The van der Waals surface area contributed by atoms with Crippen molar-refractivity contribution in [2.75, 3.05) is 6.61 Å². The van der Waals surface area contributed by atoms with Gasteiger partial charge in [0.25, 0.3) is 6.02 Å². The van der Waals surface area contributed by atoms with Crippen molar-refractivity contribution in [1.29, 1.82) is 0 Å². The number of esters is 1. The van der Waals surface area contributed by atoms with Gasteiger partial charge in [0.1, 0.15) is 30.0 Å². The molecule has 0 saturated heterocycles. The first kappa shape index (κ1) is 21.6. The summed E-state index contributed by atoms with van der Waals surface area (Å²) in [5.41, 5.74) is 8.77. The first-order chi connectivity index (χ1) is 16.2. The van der Waals surface area contributed by atoms with E-state index in [4.69, 9.17) is 24.9 Å². The molecule has 0 radical (unpaired) electrons. The van der Waals surface area contributed by atoms with Crippen molar-refractivity contribution in [2.24, 2.45) is 10.7 Å². The summed E-state index contributed by atoms with van der Waals surface area (Å²) in [6.07, 6.45) is 8.11. The first-order valence-electron chi connectivity index (χ1n) is 10.8. The van der Waals surface area contributed by atoms with Crippen LogP contribution in [0.5, 0.6) is 11.5 Å². The maximum atomic E-state index is 12.1. The molecule has 34 heavy (non-hydrogen) atoms. The number of carbonyl (C=O) groups is 1. The summed E-state index contributed by atoms with van der Waals surface area (Å²) >= 11 is 0. The van der Waals surface area contributed by atoms with E-state index in [2.05, 4.69) is 9.97 Å². The van der Waals surface area contributed by atoms with Gasteiger partial charge < -0.3 is 19.9 Å². The molecule has 3 aromatic rings. The summed E-state index contributed by atoms with van der Waals surface area (Å²) in [6.45, 7) is 5.72. The Morgan fingerprint density at radius 3 is 2.44 bits per heavy atom. The van der Waals surface area contributed by atoms with E-state index in [9.17, 15) is 4.79 Å². The minimum Gasteiger partial charge on any atom is -0.462 e. The van der Waals surface area contributed by atoms with E-state index in [-0.39, 0.29) is 12.6 Å². The molecule has 5 rings (SSSR count). The van der Waals surface area contributed by atoms with Crippen LogP contribution in [0.2, 0.25) is 0 Å². The van der Waals surface area contributed by atoms with Gasteiger partial charge in [-0.3, -0.25) is 0 Å². The third-order valence-corrected chi connectivity index (χ3v) is 5.54. The van der Waals surface area contributed by atoms with Gasteiger partial charge in [-0.05, 0) is 62.2 Å². The lowest BCUT2D eigenvalue weighted by Crippen LogP contribution is -2.31. The van der Waals surface area contributed by atoms with Crippen molar-refractivity contribution < 1.29 is 19.0 Å². The van der Waals surface area contributed by atoms with E-state index in [1.54, 1.807) is 18.5 Å². The summed E-state index contributed by atoms with van der Waals surface area (Å²) < 4.78 is 17.2. The molecule has 1 spiro atoms. The smallest absolute Gasteiger partial charge is 0.331 e. The van der Waals surface area contributed by atoms with Crippen LogP contribution in [0.1, 0.15) is 37.5 Å². The number of nitrogens with zero attached hydrogens (tertiary/aromatic N) is 3. The van der Waals surface area contributed by atoms with E-state index in [0.717, 1.165) is 27.8 Å². The van der Waals surface area contributed by atoms with E-state index in [1.807, 2.05) is 57.2 Å². The van der Waals surface area contributed by atoms with Gasteiger partial charge in [-0.25, -0.2) is 19.8 Å². The minimum absolute atomic E-state index is 0.113. The molecule has 0 bridgehead atoms. The highest BCUT2D eigenvalue weighted by Crippen LogP contribution is 2.51. The summed E-state index contributed by atoms with van der Waals surface area (Å²) in [4.78, 5) is 25.1. The molecule has 2 aliphatic rings. The lowest BCUT2D eigenvalue weighted by atomic mass is 9.80. The predicted octanol–water partition coefficient (Wildman–Crippen LogP) is 4.19. The predicted molar refractivity (Wildman–Crippen MR) is 127 cm³/mol. The van der Waals surface area contributed by atoms with E-state index < -0.39 is 17.1 Å². The zero-order valence-electron chi connectivity index (χ0n) is 19.1. The largest absolute Gasteiger partial charge is 0.462 e. The Hall–Kier alpha value is -4.20. The van der Waals surface area contributed by atoms with Gasteiger partial charge in [-0.2, -0.15) is 0 Å². The van der Waals surface area contributed by atoms with Gasteiger partial charge >= 0.3 is 5.97 Å². The first-order valence-corrected chi connectivity index (χ1v) is 10.8. The Labute approximate surface area is 197 Å². The maximum Gasteiger partial charge on any atom is 0.331 e. The molecule has 2 N–H and O–H groups in total. The Kier molecular flexibility index (Phi) is 5.08. The molecular weight excluding hydrogens is 432 g/mol. The normalized spacial score (nSPS) is 18.6. The fourth-order valence-corrected chi connectivity index (χ4v) is 4.10. The van der Waals surface area contributed by atoms with Crippen molar-refractivity contribution in [3.05, 3.63) is 77.9 Å². The van der Waals surface area contributed by atoms with Crippen LogP contribution in [-0.2, 0) is 19.8 Å². The van der Waals surface area contributed by atoms with Gasteiger partial charge in [-0.15, -0.1) is 0 Å². The molecule has 0 fully saturated rings. The molecule has 2 aliphatic heterocycles. The number of hydrogen-bond acceptors (Lipinski definition) is 8. The third kappa shape index (κ3) is 3.98. The minimum atomic E-state index is -0.881. The molecule has 8 nitrogen and oxygen atoms in total. The fourth-order valence-electron chi connectivity index (χ4n) is 4.10. The topological polar surface area (TPSA) is 109 Å². The Morgan fingerprint density at radius 2 is 1.76 bits per heavy atom. The number of benzene rings is 2. The van der Waals surface area contributed by atoms with E-state index in [0.29, 0.717) is 11.5 Å². The standard InChI is InChI=1S/C26H24N4O4/c1-25(2,3)34-23(31)9-5-16-4-7-21-19(10-16)26(14-32-24(27)30-26)20-11-17(6-8-22(20)33-21)18-12-28-15-29-13-18/h4-13,15H,14H2,1-3H3,(H2,27,30)/b9-5+/t26-/m1/s1. The van der Waals surface area contributed by atoms with Crippen LogP contribution in [-0.4, -0.2) is 34.2 Å².